The number of fused-ring (bicyclic) bond motifs is 3. The maximum atomic E-state index is 13.3. The van der Waals surface area contributed by atoms with Crippen molar-refractivity contribution < 1.29 is 4.79 Å². The Balaban J connectivity index is 1.33. The Morgan fingerprint density at radius 1 is 1.13 bits per heavy atom. The number of aryl methyl sites for hydroxylation is 1. The molecule has 1 saturated heterocycles. The first-order valence-electron chi connectivity index (χ1n) is 11.4. The third kappa shape index (κ3) is 4.03. The number of carbonyl (C=O) groups is 1. The van der Waals surface area contributed by atoms with E-state index in [0.717, 1.165) is 41.4 Å². The average molecular weight is 433 g/mol. The van der Waals surface area contributed by atoms with Gasteiger partial charge in [0, 0.05) is 23.9 Å². The summed E-state index contributed by atoms with van der Waals surface area (Å²) in [4.78, 5) is 21.5. The minimum atomic E-state index is 0.282. The molecule has 0 N–H and O–H groups in total. The van der Waals surface area contributed by atoms with Gasteiger partial charge in [0.05, 0.1) is 17.1 Å². The van der Waals surface area contributed by atoms with Gasteiger partial charge < -0.3 is 4.90 Å². The van der Waals surface area contributed by atoms with Gasteiger partial charge in [-0.25, -0.2) is 4.98 Å². The Kier molecular flexibility index (Phi) is 4.97. The van der Waals surface area contributed by atoms with Crippen molar-refractivity contribution in [3.63, 3.8) is 0 Å². The maximum absolute atomic E-state index is 13.3. The largest absolute Gasteiger partial charge is 0.339 e. The lowest BCUT2D eigenvalue weighted by molar-refractivity contribution is -0.131. The molecule has 1 amide bonds. The minimum absolute atomic E-state index is 0.282. The van der Waals surface area contributed by atoms with Crippen LogP contribution in [0.4, 0.5) is 0 Å². The normalized spacial score (nSPS) is 24.6. The van der Waals surface area contributed by atoms with Gasteiger partial charge in [-0.3, -0.25) is 4.79 Å². The van der Waals surface area contributed by atoms with E-state index >= 15 is 0 Å². The second-order valence-electron chi connectivity index (χ2n) is 10.8. The molecule has 5 rings (SSSR count). The van der Waals surface area contributed by atoms with Crippen LogP contribution in [0.3, 0.4) is 0 Å². The van der Waals surface area contributed by atoms with Gasteiger partial charge in [0.25, 0.3) is 0 Å². The van der Waals surface area contributed by atoms with E-state index in [4.69, 9.17) is 4.98 Å². The predicted molar refractivity (Wildman–Crippen MR) is 129 cm³/mol. The number of amides is 1. The standard InChI is InChI=1S/C27H32N2OS/c1-18-23(13-25(30)29-17-27(4)15-21(29)14-26(2,3)16-27)31-24(28-18)12-20-10-7-9-19-8-5-6-11-22(19)20/h5-11,21H,12-17H2,1-4H3. The van der Waals surface area contributed by atoms with E-state index in [0.29, 0.717) is 17.9 Å². The summed E-state index contributed by atoms with van der Waals surface area (Å²) in [6.45, 7) is 10.1. The summed E-state index contributed by atoms with van der Waals surface area (Å²) in [5.74, 6) is 0.287. The van der Waals surface area contributed by atoms with E-state index < -0.39 is 0 Å². The summed E-state index contributed by atoms with van der Waals surface area (Å²) >= 11 is 1.72. The minimum Gasteiger partial charge on any atom is -0.339 e. The summed E-state index contributed by atoms with van der Waals surface area (Å²) in [6.07, 6.45) is 4.82. The molecule has 4 heteroatoms. The number of hydrogen-bond acceptors (Lipinski definition) is 3. The molecule has 2 fully saturated rings. The quantitative estimate of drug-likeness (QED) is 0.494. The number of nitrogens with zero attached hydrogens (tertiary/aromatic N) is 2. The second-order valence-corrected chi connectivity index (χ2v) is 12.0. The second kappa shape index (κ2) is 7.44. The zero-order chi connectivity index (χ0) is 21.8. The van der Waals surface area contributed by atoms with E-state index in [-0.39, 0.29) is 11.3 Å². The molecule has 1 aliphatic heterocycles. The van der Waals surface area contributed by atoms with Crippen LogP contribution < -0.4 is 0 Å². The number of aromatic nitrogens is 1. The lowest BCUT2D eigenvalue weighted by atomic mass is 9.65. The van der Waals surface area contributed by atoms with Crippen molar-refractivity contribution in [2.45, 2.75) is 65.8 Å². The van der Waals surface area contributed by atoms with Gasteiger partial charge in [-0.15, -0.1) is 11.3 Å². The molecule has 0 spiro atoms. The number of benzene rings is 2. The van der Waals surface area contributed by atoms with Gasteiger partial charge in [0.2, 0.25) is 5.91 Å². The highest BCUT2D eigenvalue weighted by atomic mass is 32.1. The molecule has 1 aromatic heterocycles. The van der Waals surface area contributed by atoms with E-state index in [9.17, 15) is 4.79 Å². The van der Waals surface area contributed by atoms with Crippen molar-refractivity contribution in [1.82, 2.24) is 9.88 Å². The predicted octanol–water partition coefficient (Wildman–Crippen LogP) is 6.17. The van der Waals surface area contributed by atoms with Crippen molar-refractivity contribution in [3.05, 3.63) is 63.6 Å². The fourth-order valence-corrected chi connectivity index (χ4v) is 7.41. The number of carbonyl (C=O) groups excluding carboxylic acids is 1. The van der Waals surface area contributed by atoms with Crippen LogP contribution in [-0.2, 0) is 17.6 Å². The molecule has 3 nitrogen and oxygen atoms in total. The van der Waals surface area contributed by atoms with Crippen LogP contribution in [0.2, 0.25) is 0 Å². The Bertz CT molecular complexity index is 1140. The molecule has 2 unspecified atom stereocenters. The van der Waals surface area contributed by atoms with Crippen LogP contribution in [0.5, 0.6) is 0 Å². The lowest BCUT2D eigenvalue weighted by Gasteiger charge is -2.39. The molecule has 2 bridgehead atoms. The fourth-order valence-electron chi connectivity index (χ4n) is 6.33. The maximum Gasteiger partial charge on any atom is 0.228 e. The average Bonchev–Trinajstić information content (AvgIpc) is 3.16. The molecular weight excluding hydrogens is 400 g/mol. The Hall–Kier alpha value is -2.20. The van der Waals surface area contributed by atoms with E-state index in [2.05, 4.69) is 75.1 Å². The first kappa shape index (κ1) is 20.7. The highest BCUT2D eigenvalue weighted by Crippen LogP contribution is 2.52. The summed E-state index contributed by atoms with van der Waals surface area (Å²) in [7, 11) is 0. The number of hydrogen-bond donors (Lipinski definition) is 0. The molecular formula is C27H32N2OS. The van der Waals surface area contributed by atoms with Crippen LogP contribution in [0.25, 0.3) is 10.8 Å². The topological polar surface area (TPSA) is 33.2 Å². The molecule has 31 heavy (non-hydrogen) atoms. The summed E-state index contributed by atoms with van der Waals surface area (Å²) in [5, 5.41) is 3.65. The summed E-state index contributed by atoms with van der Waals surface area (Å²) in [6, 6.07) is 15.4. The Morgan fingerprint density at radius 3 is 2.74 bits per heavy atom. The van der Waals surface area contributed by atoms with Crippen LogP contribution >= 0.6 is 11.3 Å². The third-order valence-corrected chi connectivity index (χ3v) is 8.36. The van der Waals surface area contributed by atoms with Gasteiger partial charge in [0.1, 0.15) is 0 Å². The van der Waals surface area contributed by atoms with Crippen molar-refractivity contribution in [2.24, 2.45) is 10.8 Å². The highest BCUT2D eigenvalue weighted by molar-refractivity contribution is 7.11. The van der Waals surface area contributed by atoms with Gasteiger partial charge in [-0.2, -0.15) is 0 Å². The number of thiazole rings is 1. The number of rotatable bonds is 4. The first-order chi connectivity index (χ1) is 14.7. The monoisotopic (exact) mass is 432 g/mol. The molecule has 1 saturated carbocycles. The third-order valence-electron chi connectivity index (χ3n) is 7.21. The van der Waals surface area contributed by atoms with Gasteiger partial charge in [0.15, 0.2) is 0 Å². The van der Waals surface area contributed by atoms with Crippen LogP contribution in [0, 0.1) is 17.8 Å². The van der Waals surface area contributed by atoms with Crippen molar-refractivity contribution >= 4 is 28.0 Å². The molecule has 2 aliphatic rings. The smallest absolute Gasteiger partial charge is 0.228 e. The van der Waals surface area contributed by atoms with Gasteiger partial charge in [-0.1, -0.05) is 63.2 Å². The Labute approximate surface area is 189 Å². The molecule has 162 valence electrons. The Morgan fingerprint density at radius 2 is 1.90 bits per heavy atom. The van der Waals surface area contributed by atoms with E-state index in [1.165, 1.54) is 22.8 Å². The molecule has 0 radical (unpaired) electrons. The van der Waals surface area contributed by atoms with Crippen LogP contribution in [-0.4, -0.2) is 28.4 Å². The SMILES string of the molecule is Cc1nc(Cc2cccc3ccccc23)sc1CC(=O)N1CC2(C)CC1CC(C)(C)C2. The first-order valence-corrected chi connectivity index (χ1v) is 12.2. The van der Waals surface area contributed by atoms with Gasteiger partial charge in [-0.05, 0) is 53.4 Å². The summed E-state index contributed by atoms with van der Waals surface area (Å²) < 4.78 is 0. The molecule has 2 atom stereocenters. The van der Waals surface area contributed by atoms with E-state index in [1.807, 2.05) is 0 Å². The van der Waals surface area contributed by atoms with Crippen molar-refractivity contribution in [1.29, 1.82) is 0 Å². The highest BCUT2D eigenvalue weighted by Gasteiger charge is 2.50. The van der Waals surface area contributed by atoms with Crippen LogP contribution in [0.1, 0.15) is 61.2 Å². The number of likely N-dealkylation sites (tertiary alicyclic amines) is 1. The molecule has 3 aromatic rings. The van der Waals surface area contributed by atoms with E-state index in [1.54, 1.807) is 11.3 Å². The molecule has 2 aromatic carbocycles. The molecule has 2 heterocycles. The fraction of sp³-hybridized carbons (Fsp3) is 0.481. The van der Waals surface area contributed by atoms with Gasteiger partial charge >= 0.3 is 0 Å². The molecule has 1 aliphatic carbocycles. The van der Waals surface area contributed by atoms with Crippen LogP contribution in [0.15, 0.2) is 42.5 Å². The zero-order valence-corrected chi connectivity index (χ0v) is 19.9. The zero-order valence-electron chi connectivity index (χ0n) is 19.1. The lowest BCUT2D eigenvalue weighted by Crippen LogP contribution is -2.38. The summed E-state index contributed by atoms with van der Waals surface area (Å²) in [5.41, 5.74) is 2.93. The van der Waals surface area contributed by atoms with Crippen molar-refractivity contribution in [3.8, 4) is 0 Å². The van der Waals surface area contributed by atoms with Crippen molar-refractivity contribution in [2.75, 3.05) is 6.54 Å².